The lowest BCUT2D eigenvalue weighted by Crippen LogP contribution is -2.41. The molecule has 0 spiro atoms. The molecule has 1 atom stereocenters. The van der Waals surface area contributed by atoms with Gasteiger partial charge in [0.05, 0.1) is 11.2 Å². The number of rotatable bonds is 5. The van der Waals surface area contributed by atoms with Crippen LogP contribution < -0.4 is 0 Å². The summed E-state index contributed by atoms with van der Waals surface area (Å²) in [6.45, 7) is 12.1. The lowest BCUT2D eigenvalue weighted by Gasteiger charge is -2.32. The summed E-state index contributed by atoms with van der Waals surface area (Å²) in [5.74, 6) is -0.466. The van der Waals surface area contributed by atoms with Gasteiger partial charge >= 0.3 is 7.12 Å². The van der Waals surface area contributed by atoms with Crippen LogP contribution in [0.15, 0.2) is 54.6 Å². The summed E-state index contributed by atoms with van der Waals surface area (Å²) in [6.07, 6.45) is 2.32. The Morgan fingerprint density at radius 2 is 1.50 bits per heavy atom. The first-order chi connectivity index (χ1) is 13.1. The summed E-state index contributed by atoms with van der Waals surface area (Å²) in [5, 5.41) is 0. The number of allylic oxidation sites excluding steroid dienone is 1. The summed E-state index contributed by atoms with van der Waals surface area (Å²) < 4.78 is 27.7. The molecule has 3 rings (SSSR count). The lowest BCUT2D eigenvalue weighted by molar-refractivity contribution is 0.00578. The van der Waals surface area contributed by atoms with Gasteiger partial charge in [-0.3, -0.25) is 0 Å². The average molecular weight is 380 g/mol. The highest BCUT2D eigenvalue weighted by molar-refractivity contribution is 6.48. The Kier molecular flexibility index (Phi) is 5.83. The monoisotopic (exact) mass is 380 g/mol. The van der Waals surface area contributed by atoms with Crippen molar-refractivity contribution in [3.8, 4) is 0 Å². The van der Waals surface area contributed by atoms with E-state index in [0.717, 1.165) is 16.7 Å². The molecule has 1 fully saturated rings. The third-order valence-electron chi connectivity index (χ3n) is 5.79. The zero-order chi connectivity index (χ0) is 20.5. The van der Waals surface area contributed by atoms with E-state index in [1.807, 2.05) is 77.9 Å². The molecule has 0 aromatic heterocycles. The zero-order valence-electron chi connectivity index (χ0n) is 17.8. The second kappa shape index (κ2) is 7.84. The van der Waals surface area contributed by atoms with Crippen LogP contribution in [0.1, 0.15) is 49.9 Å². The average Bonchev–Trinajstić information content (AvgIpc) is 2.82. The molecule has 148 valence electrons. The van der Waals surface area contributed by atoms with Crippen molar-refractivity contribution in [2.75, 3.05) is 0 Å². The van der Waals surface area contributed by atoms with E-state index in [-0.39, 0.29) is 11.6 Å². The molecule has 2 aromatic carbocycles. The summed E-state index contributed by atoms with van der Waals surface area (Å²) in [4.78, 5) is 0. The molecular weight excluding hydrogens is 350 g/mol. The van der Waals surface area contributed by atoms with E-state index in [4.69, 9.17) is 9.31 Å². The van der Waals surface area contributed by atoms with E-state index in [0.29, 0.717) is 12.0 Å². The van der Waals surface area contributed by atoms with Crippen LogP contribution in [0.3, 0.4) is 0 Å². The largest absolute Gasteiger partial charge is 0.465 e. The van der Waals surface area contributed by atoms with Crippen LogP contribution >= 0.6 is 0 Å². The van der Waals surface area contributed by atoms with E-state index in [1.165, 1.54) is 0 Å². The minimum atomic E-state index is -0.498. The first-order valence-electron chi connectivity index (χ1n) is 9.93. The maximum atomic E-state index is 15.2. The molecule has 1 aliphatic heterocycles. The number of aryl methyl sites for hydroxylation is 2. The van der Waals surface area contributed by atoms with Crippen molar-refractivity contribution in [1.29, 1.82) is 0 Å². The smallest absolute Gasteiger partial charge is 0.403 e. The highest BCUT2D eigenvalue weighted by Gasteiger charge is 2.53. The van der Waals surface area contributed by atoms with Gasteiger partial charge in [0.2, 0.25) is 0 Å². The molecule has 2 aromatic rings. The fraction of sp³-hybridized carbons (Fsp3) is 0.417. The Hall–Kier alpha value is -1.91. The molecule has 0 saturated carbocycles. The molecule has 0 N–H and O–H groups in total. The highest BCUT2D eigenvalue weighted by atomic mass is 19.1. The molecule has 0 bridgehead atoms. The maximum Gasteiger partial charge on any atom is 0.465 e. The molecule has 2 nitrogen and oxygen atoms in total. The highest BCUT2D eigenvalue weighted by Crippen LogP contribution is 2.42. The van der Waals surface area contributed by atoms with Crippen molar-refractivity contribution in [2.24, 2.45) is 0 Å². The number of benzene rings is 2. The quantitative estimate of drug-likeness (QED) is 0.565. The topological polar surface area (TPSA) is 18.5 Å². The van der Waals surface area contributed by atoms with Gasteiger partial charge in [-0.25, -0.2) is 4.39 Å². The van der Waals surface area contributed by atoms with Crippen LogP contribution in [0.4, 0.5) is 4.39 Å². The van der Waals surface area contributed by atoms with Crippen molar-refractivity contribution >= 4 is 12.9 Å². The molecule has 1 saturated heterocycles. The first kappa shape index (κ1) is 20.8. The Labute approximate surface area is 168 Å². The van der Waals surface area contributed by atoms with Gasteiger partial charge in [-0.1, -0.05) is 47.5 Å². The van der Waals surface area contributed by atoms with Crippen LogP contribution in [-0.2, 0) is 15.7 Å². The van der Waals surface area contributed by atoms with Gasteiger partial charge in [0.25, 0.3) is 0 Å². The molecule has 1 heterocycles. The van der Waals surface area contributed by atoms with E-state index in [9.17, 15) is 0 Å². The molecule has 0 amide bonds. The first-order valence-corrected chi connectivity index (χ1v) is 9.93. The Morgan fingerprint density at radius 1 is 0.964 bits per heavy atom. The second-order valence-electron chi connectivity index (χ2n) is 8.87. The molecule has 4 heteroatoms. The molecule has 0 aliphatic carbocycles. The molecule has 0 unspecified atom stereocenters. The Balaban J connectivity index is 1.94. The van der Waals surface area contributed by atoms with E-state index >= 15 is 4.39 Å². The van der Waals surface area contributed by atoms with Crippen molar-refractivity contribution in [2.45, 2.75) is 65.0 Å². The maximum absolute atomic E-state index is 15.2. The number of halogens is 1. The summed E-state index contributed by atoms with van der Waals surface area (Å²) in [5.41, 5.74) is 2.94. The Bertz CT molecular complexity index is 822. The van der Waals surface area contributed by atoms with Crippen molar-refractivity contribution < 1.29 is 13.7 Å². The van der Waals surface area contributed by atoms with Crippen molar-refractivity contribution in [3.05, 3.63) is 76.9 Å². The minimum Gasteiger partial charge on any atom is -0.403 e. The molecule has 0 radical (unpaired) electrons. The third-order valence-corrected chi connectivity index (χ3v) is 5.79. The molecule has 28 heavy (non-hydrogen) atoms. The summed E-state index contributed by atoms with van der Waals surface area (Å²) in [7, 11) is -0.498. The van der Waals surface area contributed by atoms with Crippen molar-refractivity contribution in [3.63, 3.8) is 0 Å². The van der Waals surface area contributed by atoms with Crippen LogP contribution in [0.25, 0.3) is 5.83 Å². The fourth-order valence-electron chi connectivity index (χ4n) is 3.58. The van der Waals surface area contributed by atoms with E-state index < -0.39 is 18.3 Å². The lowest BCUT2D eigenvalue weighted by atomic mass is 9.68. The van der Waals surface area contributed by atoms with Crippen LogP contribution in [0.5, 0.6) is 0 Å². The van der Waals surface area contributed by atoms with Gasteiger partial charge in [0, 0.05) is 11.4 Å². The van der Waals surface area contributed by atoms with Crippen LogP contribution in [0.2, 0.25) is 5.82 Å². The zero-order valence-corrected chi connectivity index (χ0v) is 17.8. The predicted molar refractivity (Wildman–Crippen MR) is 115 cm³/mol. The Morgan fingerprint density at radius 3 is 2.04 bits per heavy atom. The van der Waals surface area contributed by atoms with Crippen LogP contribution in [-0.4, -0.2) is 18.3 Å². The normalized spacial score (nSPS) is 19.7. The summed E-state index contributed by atoms with van der Waals surface area (Å²) in [6, 6.07) is 15.9. The van der Waals surface area contributed by atoms with Gasteiger partial charge in [0.15, 0.2) is 0 Å². The van der Waals surface area contributed by atoms with Gasteiger partial charge in [-0.2, -0.15) is 0 Å². The summed E-state index contributed by atoms with van der Waals surface area (Å²) >= 11 is 0. The minimum absolute atomic E-state index is 0.232. The van der Waals surface area contributed by atoms with Gasteiger partial charge in [-0.15, -0.1) is 0 Å². The van der Waals surface area contributed by atoms with Gasteiger partial charge < -0.3 is 9.31 Å². The predicted octanol–water partition coefficient (Wildman–Crippen LogP) is 6.32. The van der Waals surface area contributed by atoms with Crippen LogP contribution in [0, 0.1) is 13.8 Å². The van der Waals surface area contributed by atoms with E-state index in [2.05, 4.69) is 12.1 Å². The third kappa shape index (κ3) is 4.56. The van der Waals surface area contributed by atoms with Crippen molar-refractivity contribution in [1.82, 2.24) is 0 Å². The fourth-order valence-corrected chi connectivity index (χ4v) is 3.58. The van der Waals surface area contributed by atoms with Gasteiger partial charge in [0.1, 0.15) is 5.83 Å². The number of hydrogen-bond acceptors (Lipinski definition) is 2. The second-order valence-corrected chi connectivity index (χ2v) is 8.87. The number of hydrogen-bond donors (Lipinski definition) is 0. The van der Waals surface area contributed by atoms with Gasteiger partial charge in [-0.05, 0) is 71.7 Å². The molecule has 1 aliphatic rings. The standard InChI is InChI=1S/C24H30BFO2/c1-17-12-18(2)14-20(13-17)22(26)16-21(15-19-10-8-7-9-11-19)25-27-23(3,4)24(5,6)28-25/h7-14,16,21H,15H2,1-6H3/b22-16-/t21-/m1/s1. The van der Waals surface area contributed by atoms with E-state index in [1.54, 1.807) is 6.08 Å². The molecular formula is C24H30BFO2. The SMILES string of the molecule is Cc1cc(C)cc(/C(F)=C/[C@@H](Cc2ccccc2)B2OC(C)(C)C(C)(C)O2)c1.